The lowest BCUT2D eigenvalue weighted by molar-refractivity contribution is -0.133. The fourth-order valence-electron chi connectivity index (χ4n) is 1.12. The quantitative estimate of drug-likeness (QED) is 0.639. The number of halogens is 1. The Balaban J connectivity index is 2.38. The van der Waals surface area contributed by atoms with E-state index in [2.05, 4.69) is 5.32 Å². The SMILES string of the molecule is CC(O)CNC(=O)C1(F)CCOC1. The standard InChI is InChI=1S/C8H14FNO3/c1-6(11)4-10-7(12)8(9)2-3-13-5-8/h6,11H,2-5H2,1H3,(H,10,12). The van der Waals surface area contributed by atoms with Crippen molar-refractivity contribution in [2.45, 2.75) is 25.1 Å². The first kappa shape index (κ1) is 10.4. The van der Waals surface area contributed by atoms with E-state index in [1.165, 1.54) is 6.92 Å². The molecule has 0 radical (unpaired) electrons. The zero-order valence-electron chi connectivity index (χ0n) is 7.55. The van der Waals surface area contributed by atoms with Crippen LogP contribution in [0.15, 0.2) is 0 Å². The van der Waals surface area contributed by atoms with E-state index in [0.717, 1.165) is 0 Å². The van der Waals surface area contributed by atoms with Gasteiger partial charge in [0.25, 0.3) is 5.91 Å². The van der Waals surface area contributed by atoms with Gasteiger partial charge in [-0.25, -0.2) is 4.39 Å². The molecule has 2 N–H and O–H groups in total. The molecule has 1 aliphatic rings. The summed E-state index contributed by atoms with van der Waals surface area (Å²) in [6.07, 6.45) is -0.562. The Hall–Kier alpha value is -0.680. The molecule has 0 aliphatic carbocycles. The highest BCUT2D eigenvalue weighted by molar-refractivity contribution is 5.85. The number of rotatable bonds is 3. The summed E-state index contributed by atoms with van der Waals surface area (Å²) in [5.74, 6) is -0.689. The number of alkyl halides is 1. The van der Waals surface area contributed by atoms with Gasteiger partial charge in [0.2, 0.25) is 5.67 Å². The molecule has 2 unspecified atom stereocenters. The zero-order chi connectivity index (χ0) is 9.90. The summed E-state index contributed by atoms with van der Waals surface area (Å²) in [6, 6.07) is 0. The smallest absolute Gasteiger partial charge is 0.260 e. The van der Waals surface area contributed by atoms with Crippen molar-refractivity contribution < 1.29 is 19.0 Å². The predicted molar refractivity (Wildman–Crippen MR) is 44.0 cm³/mol. The van der Waals surface area contributed by atoms with Crippen molar-refractivity contribution in [3.8, 4) is 0 Å². The van der Waals surface area contributed by atoms with E-state index >= 15 is 0 Å². The number of aliphatic hydroxyl groups is 1. The molecule has 1 saturated heterocycles. The maximum Gasteiger partial charge on any atom is 0.260 e. The first-order valence-electron chi connectivity index (χ1n) is 4.27. The molecule has 0 bridgehead atoms. The van der Waals surface area contributed by atoms with Gasteiger partial charge in [0, 0.05) is 13.0 Å². The van der Waals surface area contributed by atoms with E-state index in [4.69, 9.17) is 9.84 Å². The Bertz CT molecular complexity index is 190. The lowest BCUT2D eigenvalue weighted by Crippen LogP contribution is -2.45. The molecule has 1 aliphatic heterocycles. The van der Waals surface area contributed by atoms with Gasteiger partial charge in [-0.05, 0) is 6.92 Å². The molecule has 0 aromatic rings. The van der Waals surface area contributed by atoms with Crippen LogP contribution in [0.4, 0.5) is 4.39 Å². The molecule has 13 heavy (non-hydrogen) atoms. The fourth-order valence-corrected chi connectivity index (χ4v) is 1.12. The molecule has 76 valence electrons. The minimum atomic E-state index is -1.89. The third kappa shape index (κ3) is 2.63. The summed E-state index contributed by atoms with van der Waals surface area (Å²) in [7, 11) is 0. The number of hydrogen-bond acceptors (Lipinski definition) is 3. The molecule has 1 heterocycles. The maximum absolute atomic E-state index is 13.5. The minimum Gasteiger partial charge on any atom is -0.392 e. The van der Waals surface area contributed by atoms with Crippen LogP contribution < -0.4 is 5.32 Å². The molecular weight excluding hydrogens is 177 g/mol. The van der Waals surface area contributed by atoms with Crippen LogP contribution in [0, 0.1) is 0 Å². The van der Waals surface area contributed by atoms with Gasteiger partial charge in [-0.15, -0.1) is 0 Å². The Morgan fingerprint density at radius 3 is 3.00 bits per heavy atom. The molecular formula is C8H14FNO3. The van der Waals surface area contributed by atoms with Crippen molar-refractivity contribution in [2.75, 3.05) is 19.8 Å². The Labute approximate surface area is 76.1 Å². The van der Waals surface area contributed by atoms with Gasteiger partial charge in [-0.1, -0.05) is 0 Å². The van der Waals surface area contributed by atoms with E-state index in [-0.39, 0.29) is 26.2 Å². The molecule has 0 saturated carbocycles. The van der Waals surface area contributed by atoms with Crippen molar-refractivity contribution in [1.82, 2.24) is 5.32 Å². The minimum absolute atomic E-state index is 0.0739. The summed E-state index contributed by atoms with van der Waals surface area (Å²) in [6.45, 7) is 1.69. The van der Waals surface area contributed by atoms with E-state index in [1.807, 2.05) is 0 Å². The van der Waals surface area contributed by atoms with Gasteiger partial charge in [0.15, 0.2) is 0 Å². The molecule has 0 aromatic carbocycles. The van der Waals surface area contributed by atoms with E-state index in [0.29, 0.717) is 0 Å². The van der Waals surface area contributed by atoms with Crippen molar-refractivity contribution in [3.63, 3.8) is 0 Å². The van der Waals surface area contributed by atoms with Crippen LogP contribution in [0.1, 0.15) is 13.3 Å². The normalized spacial score (nSPS) is 30.1. The van der Waals surface area contributed by atoms with Gasteiger partial charge in [0.1, 0.15) is 0 Å². The third-order valence-corrected chi connectivity index (χ3v) is 1.94. The molecule has 2 atom stereocenters. The number of ether oxygens (including phenoxy) is 1. The van der Waals surface area contributed by atoms with E-state index in [9.17, 15) is 9.18 Å². The van der Waals surface area contributed by atoms with Crippen LogP contribution in [0.25, 0.3) is 0 Å². The highest BCUT2D eigenvalue weighted by Crippen LogP contribution is 2.23. The van der Waals surface area contributed by atoms with Crippen LogP contribution in [0.5, 0.6) is 0 Å². The Morgan fingerprint density at radius 1 is 1.85 bits per heavy atom. The average Bonchev–Trinajstić information content (AvgIpc) is 2.49. The van der Waals surface area contributed by atoms with E-state index in [1.54, 1.807) is 0 Å². The second-order valence-electron chi connectivity index (χ2n) is 3.33. The first-order chi connectivity index (χ1) is 6.04. The Kier molecular flexibility index (Phi) is 3.22. The highest BCUT2D eigenvalue weighted by atomic mass is 19.1. The van der Waals surface area contributed by atoms with Crippen LogP contribution >= 0.6 is 0 Å². The lowest BCUT2D eigenvalue weighted by atomic mass is 10.1. The summed E-state index contributed by atoms with van der Waals surface area (Å²) < 4.78 is 18.3. The van der Waals surface area contributed by atoms with Crippen molar-refractivity contribution in [3.05, 3.63) is 0 Å². The van der Waals surface area contributed by atoms with Crippen LogP contribution in [0.3, 0.4) is 0 Å². The van der Waals surface area contributed by atoms with Crippen LogP contribution in [-0.4, -0.2) is 42.5 Å². The molecule has 1 rings (SSSR count). The summed E-state index contributed by atoms with van der Waals surface area (Å²) in [5, 5.41) is 11.2. The summed E-state index contributed by atoms with van der Waals surface area (Å²) in [5.41, 5.74) is -1.89. The van der Waals surface area contributed by atoms with Crippen molar-refractivity contribution in [2.24, 2.45) is 0 Å². The van der Waals surface area contributed by atoms with Crippen LogP contribution in [0.2, 0.25) is 0 Å². The van der Waals surface area contributed by atoms with Crippen LogP contribution in [-0.2, 0) is 9.53 Å². The molecule has 1 amide bonds. The first-order valence-corrected chi connectivity index (χ1v) is 4.27. The lowest BCUT2D eigenvalue weighted by Gasteiger charge is -2.17. The van der Waals surface area contributed by atoms with Gasteiger partial charge >= 0.3 is 0 Å². The second kappa shape index (κ2) is 4.02. The number of amides is 1. The van der Waals surface area contributed by atoms with Gasteiger partial charge in [0.05, 0.1) is 19.3 Å². The Morgan fingerprint density at radius 2 is 2.54 bits per heavy atom. The highest BCUT2D eigenvalue weighted by Gasteiger charge is 2.42. The largest absolute Gasteiger partial charge is 0.392 e. The molecule has 4 nitrogen and oxygen atoms in total. The van der Waals surface area contributed by atoms with Gasteiger partial charge in [-0.3, -0.25) is 4.79 Å². The molecule has 1 fully saturated rings. The maximum atomic E-state index is 13.5. The van der Waals surface area contributed by atoms with Crippen molar-refractivity contribution in [1.29, 1.82) is 0 Å². The molecule has 0 aromatic heterocycles. The molecule has 5 heteroatoms. The number of carbonyl (C=O) groups excluding carboxylic acids is 1. The van der Waals surface area contributed by atoms with E-state index < -0.39 is 17.7 Å². The second-order valence-corrected chi connectivity index (χ2v) is 3.33. The third-order valence-electron chi connectivity index (χ3n) is 1.94. The zero-order valence-corrected chi connectivity index (χ0v) is 7.55. The number of nitrogens with one attached hydrogen (secondary N) is 1. The summed E-state index contributed by atoms with van der Waals surface area (Å²) >= 11 is 0. The predicted octanol–water partition coefficient (Wildman–Crippen LogP) is -0.388. The number of hydrogen-bond donors (Lipinski definition) is 2. The van der Waals surface area contributed by atoms with Crippen molar-refractivity contribution >= 4 is 5.91 Å². The van der Waals surface area contributed by atoms with Gasteiger partial charge in [-0.2, -0.15) is 0 Å². The fraction of sp³-hybridized carbons (Fsp3) is 0.875. The average molecular weight is 191 g/mol. The topological polar surface area (TPSA) is 58.6 Å². The number of aliphatic hydroxyl groups excluding tert-OH is 1. The monoisotopic (exact) mass is 191 g/mol. The number of carbonyl (C=O) groups is 1. The summed E-state index contributed by atoms with van der Waals surface area (Å²) in [4.78, 5) is 11.2. The molecule has 0 spiro atoms. The van der Waals surface area contributed by atoms with Gasteiger partial charge < -0.3 is 15.2 Å².